The summed E-state index contributed by atoms with van der Waals surface area (Å²) in [5.41, 5.74) is 0.844. The van der Waals surface area contributed by atoms with Gasteiger partial charge in [0.15, 0.2) is 0 Å². The van der Waals surface area contributed by atoms with Crippen molar-refractivity contribution < 1.29 is 9.50 Å². The predicted molar refractivity (Wildman–Crippen MR) is 64.2 cm³/mol. The van der Waals surface area contributed by atoms with E-state index in [1.807, 2.05) is 17.9 Å². The van der Waals surface area contributed by atoms with Crippen molar-refractivity contribution in [2.75, 3.05) is 31.6 Å². The van der Waals surface area contributed by atoms with E-state index in [0.717, 1.165) is 12.2 Å². The Morgan fingerprint density at radius 2 is 2.25 bits per heavy atom. The summed E-state index contributed by atoms with van der Waals surface area (Å²) in [6, 6.07) is 6.51. The van der Waals surface area contributed by atoms with E-state index in [4.69, 9.17) is 5.11 Å². The van der Waals surface area contributed by atoms with Gasteiger partial charge in [0, 0.05) is 24.8 Å². The predicted octanol–water partition coefficient (Wildman–Crippen LogP) is 1.23. The first-order valence-electron chi connectivity index (χ1n) is 5.49. The Labute approximate surface area is 95.9 Å². The van der Waals surface area contributed by atoms with Gasteiger partial charge in [-0.2, -0.15) is 0 Å². The second kappa shape index (κ2) is 6.45. The van der Waals surface area contributed by atoms with Crippen LogP contribution in [0.5, 0.6) is 0 Å². The van der Waals surface area contributed by atoms with Gasteiger partial charge >= 0.3 is 0 Å². The number of halogens is 1. The maximum absolute atomic E-state index is 13.1. The minimum absolute atomic E-state index is 0.00298. The van der Waals surface area contributed by atoms with Crippen LogP contribution in [0.15, 0.2) is 24.3 Å². The van der Waals surface area contributed by atoms with Crippen LogP contribution in [0.25, 0.3) is 0 Å². The highest BCUT2D eigenvalue weighted by atomic mass is 19.1. The number of benzene rings is 1. The number of hydrogen-bond acceptors (Lipinski definition) is 3. The summed E-state index contributed by atoms with van der Waals surface area (Å²) in [5, 5.41) is 12.1. The molecule has 1 aromatic carbocycles. The second-order valence-corrected chi connectivity index (χ2v) is 3.69. The molecule has 0 aliphatic rings. The molecule has 1 aromatic rings. The van der Waals surface area contributed by atoms with Gasteiger partial charge in [0.25, 0.3) is 0 Å². The molecule has 0 spiro atoms. The Balaban J connectivity index is 2.74. The Kier molecular flexibility index (Phi) is 5.22. The third-order valence-corrected chi connectivity index (χ3v) is 2.62. The molecule has 0 saturated carbocycles. The minimum Gasteiger partial charge on any atom is -0.395 e. The summed E-state index contributed by atoms with van der Waals surface area (Å²) in [6.07, 6.45) is 0. The summed E-state index contributed by atoms with van der Waals surface area (Å²) in [6.45, 7) is 3.52. The topological polar surface area (TPSA) is 35.5 Å². The molecule has 0 amide bonds. The molecule has 0 fully saturated rings. The highest BCUT2D eigenvalue weighted by Crippen LogP contribution is 2.15. The van der Waals surface area contributed by atoms with E-state index in [1.54, 1.807) is 13.1 Å². The van der Waals surface area contributed by atoms with Crippen molar-refractivity contribution in [1.29, 1.82) is 0 Å². The number of hydrogen-bond donors (Lipinski definition) is 2. The van der Waals surface area contributed by atoms with Crippen molar-refractivity contribution in [2.24, 2.45) is 0 Å². The molecule has 1 unspecified atom stereocenters. The van der Waals surface area contributed by atoms with Crippen LogP contribution in [0, 0.1) is 5.82 Å². The van der Waals surface area contributed by atoms with Crippen LogP contribution >= 0.6 is 0 Å². The van der Waals surface area contributed by atoms with Gasteiger partial charge in [-0.15, -0.1) is 0 Å². The molecular weight excluding hydrogens is 207 g/mol. The normalized spacial score (nSPS) is 12.5. The average Bonchev–Trinajstić information content (AvgIpc) is 2.31. The van der Waals surface area contributed by atoms with Crippen LogP contribution in [-0.4, -0.2) is 37.9 Å². The largest absolute Gasteiger partial charge is 0.395 e. The van der Waals surface area contributed by atoms with Crippen molar-refractivity contribution in [3.8, 4) is 0 Å². The zero-order chi connectivity index (χ0) is 12.0. The SMILES string of the molecule is CCN(CC(CO)NC)c1cccc(F)c1. The Morgan fingerprint density at radius 3 is 2.75 bits per heavy atom. The molecular formula is C12H19FN2O. The van der Waals surface area contributed by atoms with Gasteiger partial charge < -0.3 is 15.3 Å². The van der Waals surface area contributed by atoms with Crippen LogP contribution in [-0.2, 0) is 0 Å². The molecule has 0 aliphatic heterocycles. The van der Waals surface area contributed by atoms with E-state index in [2.05, 4.69) is 5.32 Å². The van der Waals surface area contributed by atoms with E-state index in [9.17, 15) is 4.39 Å². The third-order valence-electron chi connectivity index (χ3n) is 2.62. The van der Waals surface area contributed by atoms with E-state index in [0.29, 0.717) is 6.54 Å². The molecule has 0 aliphatic carbocycles. The fourth-order valence-corrected chi connectivity index (χ4v) is 1.60. The lowest BCUT2D eigenvalue weighted by atomic mass is 10.2. The van der Waals surface area contributed by atoms with Gasteiger partial charge in [-0.05, 0) is 32.2 Å². The van der Waals surface area contributed by atoms with Gasteiger partial charge in [0.2, 0.25) is 0 Å². The third kappa shape index (κ3) is 3.47. The smallest absolute Gasteiger partial charge is 0.125 e. The van der Waals surface area contributed by atoms with Gasteiger partial charge in [0.1, 0.15) is 5.82 Å². The average molecular weight is 226 g/mol. The second-order valence-electron chi connectivity index (χ2n) is 3.69. The molecule has 0 radical (unpaired) electrons. The fraction of sp³-hybridized carbons (Fsp3) is 0.500. The summed E-state index contributed by atoms with van der Waals surface area (Å²) < 4.78 is 13.1. The molecule has 1 atom stereocenters. The molecule has 3 nitrogen and oxygen atoms in total. The number of aliphatic hydroxyl groups is 1. The van der Waals surface area contributed by atoms with Gasteiger partial charge in [0.05, 0.1) is 6.61 Å². The van der Waals surface area contributed by atoms with Crippen molar-refractivity contribution in [3.05, 3.63) is 30.1 Å². The van der Waals surface area contributed by atoms with Crippen LogP contribution < -0.4 is 10.2 Å². The maximum Gasteiger partial charge on any atom is 0.125 e. The molecule has 1 rings (SSSR count). The lowest BCUT2D eigenvalue weighted by molar-refractivity contribution is 0.250. The molecule has 0 saturated heterocycles. The summed E-state index contributed by atoms with van der Waals surface area (Å²) >= 11 is 0. The first-order valence-corrected chi connectivity index (χ1v) is 5.49. The number of nitrogens with one attached hydrogen (secondary N) is 1. The zero-order valence-corrected chi connectivity index (χ0v) is 9.78. The van der Waals surface area contributed by atoms with Crippen molar-refractivity contribution >= 4 is 5.69 Å². The van der Waals surface area contributed by atoms with Crippen molar-refractivity contribution in [3.63, 3.8) is 0 Å². The first-order chi connectivity index (χ1) is 7.71. The molecule has 16 heavy (non-hydrogen) atoms. The summed E-state index contributed by atoms with van der Waals surface area (Å²) in [7, 11) is 1.81. The first kappa shape index (κ1) is 12.9. The molecule has 2 N–H and O–H groups in total. The minimum atomic E-state index is -0.235. The standard InChI is InChI=1S/C12H19FN2O/c1-3-15(8-11(9-16)14-2)12-6-4-5-10(13)7-12/h4-7,11,14,16H,3,8-9H2,1-2H3. The summed E-state index contributed by atoms with van der Waals surface area (Å²) in [4.78, 5) is 2.03. The maximum atomic E-state index is 13.1. The van der Waals surface area contributed by atoms with Crippen LogP contribution in [0.2, 0.25) is 0 Å². The quantitative estimate of drug-likeness (QED) is 0.766. The van der Waals surface area contributed by atoms with Crippen LogP contribution in [0.1, 0.15) is 6.92 Å². The number of anilines is 1. The lowest BCUT2D eigenvalue weighted by Crippen LogP contribution is -2.41. The van der Waals surface area contributed by atoms with E-state index in [-0.39, 0.29) is 18.5 Å². The fourth-order valence-electron chi connectivity index (χ4n) is 1.60. The van der Waals surface area contributed by atoms with Crippen molar-refractivity contribution in [1.82, 2.24) is 5.32 Å². The van der Waals surface area contributed by atoms with Crippen molar-refractivity contribution in [2.45, 2.75) is 13.0 Å². The highest BCUT2D eigenvalue weighted by Gasteiger charge is 2.11. The number of nitrogens with zero attached hydrogens (tertiary/aromatic N) is 1. The number of rotatable bonds is 6. The Morgan fingerprint density at radius 1 is 1.50 bits per heavy atom. The van der Waals surface area contributed by atoms with E-state index >= 15 is 0 Å². The zero-order valence-electron chi connectivity index (χ0n) is 9.78. The molecule has 90 valence electrons. The Hall–Kier alpha value is -1.13. The van der Waals surface area contributed by atoms with E-state index in [1.165, 1.54) is 12.1 Å². The van der Waals surface area contributed by atoms with Gasteiger partial charge in [-0.1, -0.05) is 6.07 Å². The number of likely N-dealkylation sites (N-methyl/N-ethyl adjacent to an activating group) is 2. The lowest BCUT2D eigenvalue weighted by Gasteiger charge is -2.27. The molecule has 4 heteroatoms. The molecule has 0 aromatic heterocycles. The van der Waals surface area contributed by atoms with E-state index < -0.39 is 0 Å². The molecule has 0 bridgehead atoms. The molecule has 0 heterocycles. The van der Waals surface area contributed by atoms with Gasteiger partial charge in [-0.25, -0.2) is 4.39 Å². The number of aliphatic hydroxyl groups excluding tert-OH is 1. The highest BCUT2D eigenvalue weighted by molar-refractivity contribution is 5.46. The Bertz CT molecular complexity index is 316. The van der Waals surface area contributed by atoms with Gasteiger partial charge in [-0.3, -0.25) is 0 Å². The van der Waals surface area contributed by atoms with Crippen LogP contribution in [0.3, 0.4) is 0 Å². The van der Waals surface area contributed by atoms with Crippen LogP contribution in [0.4, 0.5) is 10.1 Å². The summed E-state index contributed by atoms with van der Waals surface area (Å²) in [5.74, 6) is -0.235. The monoisotopic (exact) mass is 226 g/mol.